The van der Waals surface area contributed by atoms with Crippen LogP contribution in [0.1, 0.15) is 53.4 Å². The topological polar surface area (TPSA) is 15.3 Å². The molecule has 17 heavy (non-hydrogen) atoms. The van der Waals surface area contributed by atoms with Gasteiger partial charge in [-0.1, -0.05) is 13.8 Å². The second kappa shape index (κ2) is 5.27. The van der Waals surface area contributed by atoms with Gasteiger partial charge in [0.1, 0.15) is 0 Å². The Labute approximate surface area is 107 Å². The van der Waals surface area contributed by atoms with Crippen molar-refractivity contribution in [3.63, 3.8) is 0 Å². The quantitative estimate of drug-likeness (QED) is 0.792. The van der Waals surface area contributed by atoms with Crippen molar-refractivity contribution in [3.8, 4) is 0 Å². The maximum absolute atomic E-state index is 3.71. The minimum atomic E-state index is 0.448. The predicted molar refractivity (Wildman–Crippen MR) is 74.2 cm³/mol. The standard InChI is InChI=1S/C15H30N2/c1-5-9-16-14-8-10-17(11-12(14)2)15(3,4)13-6-7-13/h12-14,16H,5-11H2,1-4H3. The molecule has 0 amide bonds. The molecule has 0 spiro atoms. The molecule has 1 aliphatic heterocycles. The first kappa shape index (κ1) is 13.4. The molecule has 1 N–H and O–H groups in total. The van der Waals surface area contributed by atoms with Crippen LogP contribution < -0.4 is 5.32 Å². The van der Waals surface area contributed by atoms with Crippen LogP contribution in [0.25, 0.3) is 0 Å². The maximum atomic E-state index is 3.71. The van der Waals surface area contributed by atoms with Gasteiger partial charge in [0, 0.05) is 24.7 Å². The van der Waals surface area contributed by atoms with E-state index in [-0.39, 0.29) is 0 Å². The predicted octanol–water partition coefficient (Wildman–Crippen LogP) is 2.89. The highest BCUT2D eigenvalue weighted by Gasteiger charge is 2.43. The SMILES string of the molecule is CCCNC1CCN(C(C)(C)C2CC2)CC1C. The molecule has 0 aromatic heterocycles. The number of rotatable bonds is 5. The summed E-state index contributed by atoms with van der Waals surface area (Å²) in [6.07, 6.45) is 5.49. The van der Waals surface area contributed by atoms with E-state index < -0.39 is 0 Å². The molecule has 2 atom stereocenters. The Hall–Kier alpha value is -0.0800. The molecule has 2 unspecified atom stereocenters. The fraction of sp³-hybridized carbons (Fsp3) is 1.00. The summed E-state index contributed by atoms with van der Waals surface area (Å²) in [5.74, 6) is 1.77. The van der Waals surface area contributed by atoms with Crippen molar-refractivity contribution in [2.75, 3.05) is 19.6 Å². The van der Waals surface area contributed by atoms with Crippen molar-refractivity contribution < 1.29 is 0 Å². The Morgan fingerprint density at radius 1 is 1.24 bits per heavy atom. The fourth-order valence-corrected chi connectivity index (χ4v) is 3.35. The molecule has 2 aliphatic rings. The first-order valence-electron chi connectivity index (χ1n) is 7.54. The van der Waals surface area contributed by atoms with Crippen LogP contribution in [-0.2, 0) is 0 Å². The van der Waals surface area contributed by atoms with E-state index in [1.165, 1.54) is 45.3 Å². The van der Waals surface area contributed by atoms with E-state index >= 15 is 0 Å². The second-order valence-electron chi connectivity index (χ2n) is 6.70. The zero-order chi connectivity index (χ0) is 12.5. The summed E-state index contributed by atoms with van der Waals surface area (Å²) in [4.78, 5) is 2.75. The van der Waals surface area contributed by atoms with Gasteiger partial charge in [-0.15, -0.1) is 0 Å². The lowest BCUT2D eigenvalue weighted by Crippen LogP contribution is -2.56. The molecular weight excluding hydrogens is 208 g/mol. The molecule has 1 heterocycles. The lowest BCUT2D eigenvalue weighted by molar-refractivity contribution is 0.0405. The van der Waals surface area contributed by atoms with Gasteiger partial charge < -0.3 is 5.32 Å². The Morgan fingerprint density at radius 2 is 1.94 bits per heavy atom. The van der Waals surface area contributed by atoms with Crippen molar-refractivity contribution in [1.29, 1.82) is 0 Å². The lowest BCUT2D eigenvalue weighted by Gasteiger charge is -2.46. The lowest BCUT2D eigenvalue weighted by atomic mass is 9.87. The summed E-state index contributed by atoms with van der Waals surface area (Å²) in [6.45, 7) is 13.3. The van der Waals surface area contributed by atoms with Gasteiger partial charge >= 0.3 is 0 Å². The summed E-state index contributed by atoms with van der Waals surface area (Å²) < 4.78 is 0. The van der Waals surface area contributed by atoms with Crippen molar-refractivity contribution in [2.45, 2.75) is 65.0 Å². The van der Waals surface area contributed by atoms with Crippen molar-refractivity contribution >= 4 is 0 Å². The Morgan fingerprint density at radius 3 is 2.47 bits per heavy atom. The number of nitrogens with one attached hydrogen (secondary N) is 1. The molecule has 0 aromatic rings. The Kier molecular flexibility index (Phi) is 4.14. The first-order valence-corrected chi connectivity index (χ1v) is 7.54. The summed E-state index contributed by atoms with van der Waals surface area (Å²) in [5.41, 5.74) is 0.448. The number of hydrogen-bond acceptors (Lipinski definition) is 2. The van der Waals surface area contributed by atoms with Crippen molar-refractivity contribution in [3.05, 3.63) is 0 Å². The summed E-state index contributed by atoms with van der Waals surface area (Å²) >= 11 is 0. The minimum Gasteiger partial charge on any atom is -0.314 e. The third-order valence-corrected chi connectivity index (χ3v) is 4.95. The maximum Gasteiger partial charge on any atom is 0.0181 e. The van der Waals surface area contributed by atoms with Gasteiger partial charge in [-0.3, -0.25) is 4.90 Å². The van der Waals surface area contributed by atoms with Crippen LogP contribution in [0.5, 0.6) is 0 Å². The first-order chi connectivity index (χ1) is 8.05. The van der Waals surface area contributed by atoms with Crippen LogP contribution in [0.2, 0.25) is 0 Å². The smallest absolute Gasteiger partial charge is 0.0181 e. The van der Waals surface area contributed by atoms with Crippen molar-refractivity contribution in [1.82, 2.24) is 10.2 Å². The molecule has 2 heteroatoms. The number of likely N-dealkylation sites (tertiary alicyclic amines) is 1. The van der Waals surface area contributed by atoms with Crippen LogP contribution in [-0.4, -0.2) is 36.1 Å². The van der Waals surface area contributed by atoms with Crippen LogP contribution >= 0.6 is 0 Å². The fourth-order valence-electron chi connectivity index (χ4n) is 3.35. The molecule has 2 fully saturated rings. The van der Waals surface area contributed by atoms with Gasteiger partial charge in [0.05, 0.1) is 0 Å². The van der Waals surface area contributed by atoms with Gasteiger partial charge in [-0.25, -0.2) is 0 Å². The Bertz CT molecular complexity index is 245. The molecule has 0 aromatic carbocycles. The van der Waals surface area contributed by atoms with E-state index in [4.69, 9.17) is 0 Å². The van der Waals surface area contributed by atoms with Gasteiger partial charge in [-0.05, 0) is 57.9 Å². The zero-order valence-corrected chi connectivity index (χ0v) is 12.1. The molecular formula is C15H30N2. The number of nitrogens with zero attached hydrogens (tertiary/aromatic N) is 1. The average molecular weight is 238 g/mol. The van der Waals surface area contributed by atoms with Crippen molar-refractivity contribution in [2.24, 2.45) is 11.8 Å². The monoisotopic (exact) mass is 238 g/mol. The van der Waals surface area contributed by atoms with E-state index in [0.717, 1.165) is 17.9 Å². The highest BCUT2D eigenvalue weighted by atomic mass is 15.2. The molecule has 0 radical (unpaired) electrons. The van der Waals surface area contributed by atoms with Gasteiger partial charge in [-0.2, -0.15) is 0 Å². The molecule has 1 aliphatic carbocycles. The summed E-state index contributed by atoms with van der Waals surface area (Å²) in [5, 5.41) is 3.71. The molecule has 1 saturated carbocycles. The van der Waals surface area contributed by atoms with Crippen LogP contribution in [0.15, 0.2) is 0 Å². The molecule has 0 bridgehead atoms. The number of hydrogen-bond donors (Lipinski definition) is 1. The van der Waals surface area contributed by atoms with Crippen LogP contribution in [0.4, 0.5) is 0 Å². The van der Waals surface area contributed by atoms with E-state index in [2.05, 4.69) is 37.9 Å². The molecule has 2 rings (SSSR count). The van der Waals surface area contributed by atoms with Gasteiger partial charge in [0.15, 0.2) is 0 Å². The third-order valence-electron chi connectivity index (χ3n) is 4.95. The van der Waals surface area contributed by atoms with Gasteiger partial charge in [0.25, 0.3) is 0 Å². The van der Waals surface area contributed by atoms with E-state index in [0.29, 0.717) is 5.54 Å². The highest BCUT2D eigenvalue weighted by Crippen LogP contribution is 2.43. The molecule has 100 valence electrons. The van der Waals surface area contributed by atoms with Gasteiger partial charge in [0.2, 0.25) is 0 Å². The van der Waals surface area contributed by atoms with E-state index in [1.807, 2.05) is 0 Å². The highest BCUT2D eigenvalue weighted by molar-refractivity contribution is 4.99. The normalized spacial score (nSPS) is 31.8. The summed E-state index contributed by atoms with van der Waals surface area (Å²) in [6, 6.07) is 0.751. The molecule has 2 nitrogen and oxygen atoms in total. The van der Waals surface area contributed by atoms with E-state index in [9.17, 15) is 0 Å². The number of piperidine rings is 1. The zero-order valence-electron chi connectivity index (χ0n) is 12.1. The largest absolute Gasteiger partial charge is 0.314 e. The van der Waals surface area contributed by atoms with Crippen LogP contribution in [0, 0.1) is 11.8 Å². The average Bonchev–Trinajstić information content (AvgIpc) is 3.11. The minimum absolute atomic E-state index is 0.448. The molecule has 1 saturated heterocycles. The third kappa shape index (κ3) is 3.03. The van der Waals surface area contributed by atoms with Crippen LogP contribution in [0.3, 0.4) is 0 Å². The Balaban J connectivity index is 1.85. The second-order valence-corrected chi connectivity index (χ2v) is 6.70. The summed E-state index contributed by atoms with van der Waals surface area (Å²) in [7, 11) is 0. The van der Waals surface area contributed by atoms with E-state index in [1.54, 1.807) is 0 Å².